The molecule has 0 radical (unpaired) electrons. The van der Waals surface area contributed by atoms with Gasteiger partial charge in [-0.15, -0.1) is 10.2 Å². The molecule has 0 bridgehead atoms. The van der Waals surface area contributed by atoms with Crippen LogP contribution in [0.4, 0.5) is 0 Å². The standard InChI is InChI=1S/C25H34N6O4/c1-18-15-35-13-4-3-8-25(24(34)29-19(2)22(32)28-18)9-11-30(12-10-25)23(33)20-6-5-7-21(14-20)31-16-26-27-17-31/h5-7,14,16-19H,3-4,8-13,15H2,1-2H3,(H,28,32)(H,29,34)/t18-,19-/m0/s1. The Kier molecular flexibility index (Phi) is 7.80. The normalized spacial score (nSPS) is 24.0. The molecule has 1 aromatic carbocycles. The number of hydrogen-bond donors (Lipinski definition) is 2. The summed E-state index contributed by atoms with van der Waals surface area (Å²) in [7, 11) is 0. The van der Waals surface area contributed by atoms with Gasteiger partial charge < -0.3 is 20.3 Å². The first-order valence-electron chi connectivity index (χ1n) is 12.3. The zero-order valence-electron chi connectivity index (χ0n) is 20.4. The molecule has 2 N–H and O–H groups in total. The van der Waals surface area contributed by atoms with Crippen molar-refractivity contribution in [3.05, 3.63) is 42.5 Å². The molecule has 2 aromatic rings. The second-order valence-corrected chi connectivity index (χ2v) is 9.63. The zero-order valence-corrected chi connectivity index (χ0v) is 20.4. The van der Waals surface area contributed by atoms with E-state index in [1.165, 1.54) is 0 Å². The van der Waals surface area contributed by atoms with Crippen LogP contribution in [0.3, 0.4) is 0 Å². The number of benzene rings is 1. The summed E-state index contributed by atoms with van der Waals surface area (Å²) in [4.78, 5) is 41.0. The average Bonchev–Trinajstić information content (AvgIpc) is 3.41. The quantitative estimate of drug-likeness (QED) is 0.673. The molecule has 0 aliphatic carbocycles. The number of amides is 3. The highest BCUT2D eigenvalue weighted by Crippen LogP contribution is 2.37. The van der Waals surface area contributed by atoms with Gasteiger partial charge in [0.15, 0.2) is 0 Å². The van der Waals surface area contributed by atoms with E-state index in [9.17, 15) is 14.4 Å². The fourth-order valence-electron chi connectivity index (χ4n) is 4.80. The fourth-order valence-corrected chi connectivity index (χ4v) is 4.80. The van der Waals surface area contributed by atoms with Gasteiger partial charge in [0, 0.05) is 37.0 Å². The van der Waals surface area contributed by atoms with Crippen molar-refractivity contribution in [3.63, 3.8) is 0 Å². The third-order valence-corrected chi connectivity index (χ3v) is 6.99. The summed E-state index contributed by atoms with van der Waals surface area (Å²) in [5.41, 5.74) is 0.797. The lowest BCUT2D eigenvalue weighted by Crippen LogP contribution is -2.55. The maximum atomic E-state index is 13.4. The van der Waals surface area contributed by atoms with Gasteiger partial charge in [0.2, 0.25) is 11.8 Å². The largest absolute Gasteiger partial charge is 0.379 e. The van der Waals surface area contributed by atoms with Crippen molar-refractivity contribution in [2.75, 3.05) is 26.3 Å². The van der Waals surface area contributed by atoms with Gasteiger partial charge in [-0.2, -0.15) is 0 Å². The molecule has 0 saturated carbocycles. The highest BCUT2D eigenvalue weighted by atomic mass is 16.5. The van der Waals surface area contributed by atoms with Crippen LogP contribution < -0.4 is 10.6 Å². The molecule has 2 fully saturated rings. The molecule has 2 atom stereocenters. The molecule has 35 heavy (non-hydrogen) atoms. The van der Waals surface area contributed by atoms with E-state index >= 15 is 0 Å². The molecule has 2 aliphatic heterocycles. The van der Waals surface area contributed by atoms with Gasteiger partial charge in [-0.3, -0.25) is 19.0 Å². The number of rotatable bonds is 2. The van der Waals surface area contributed by atoms with Gasteiger partial charge in [0.25, 0.3) is 5.91 Å². The molecule has 10 nitrogen and oxygen atoms in total. The number of aromatic nitrogens is 3. The summed E-state index contributed by atoms with van der Waals surface area (Å²) < 4.78 is 7.45. The fraction of sp³-hybridized carbons (Fsp3) is 0.560. The number of piperidine rings is 1. The molecular weight excluding hydrogens is 448 g/mol. The van der Waals surface area contributed by atoms with Crippen LogP contribution in [-0.2, 0) is 14.3 Å². The SMILES string of the molecule is C[C@@H]1NC(=O)C2(CCCCOC[C@H](C)NC1=O)CCN(C(=O)c1cccc(-n3cnnc3)c1)CC2. The summed E-state index contributed by atoms with van der Waals surface area (Å²) in [5.74, 6) is -0.380. The van der Waals surface area contributed by atoms with Crippen molar-refractivity contribution >= 4 is 17.7 Å². The van der Waals surface area contributed by atoms with Crippen molar-refractivity contribution in [1.82, 2.24) is 30.3 Å². The molecular formula is C25H34N6O4. The summed E-state index contributed by atoms with van der Waals surface area (Å²) in [6.07, 6.45) is 6.70. The van der Waals surface area contributed by atoms with Crippen LogP contribution in [0.2, 0.25) is 0 Å². The molecule has 1 spiro atoms. The molecule has 2 aliphatic rings. The number of likely N-dealkylation sites (tertiary alicyclic amines) is 1. The third-order valence-electron chi connectivity index (χ3n) is 6.99. The number of carbonyl (C=O) groups is 3. The van der Waals surface area contributed by atoms with Crippen LogP contribution in [0.15, 0.2) is 36.9 Å². The van der Waals surface area contributed by atoms with E-state index in [-0.39, 0.29) is 23.8 Å². The average molecular weight is 483 g/mol. The van der Waals surface area contributed by atoms with Gasteiger partial charge in [-0.25, -0.2) is 0 Å². The number of nitrogens with zero attached hydrogens (tertiary/aromatic N) is 4. The number of hydrogen-bond acceptors (Lipinski definition) is 6. The van der Waals surface area contributed by atoms with Crippen molar-refractivity contribution in [1.29, 1.82) is 0 Å². The Hall–Kier alpha value is -3.27. The molecule has 3 amide bonds. The number of nitrogens with one attached hydrogen (secondary N) is 2. The van der Waals surface area contributed by atoms with Crippen molar-refractivity contribution in [3.8, 4) is 5.69 Å². The van der Waals surface area contributed by atoms with Crippen LogP contribution in [0.25, 0.3) is 5.69 Å². The smallest absolute Gasteiger partial charge is 0.253 e. The summed E-state index contributed by atoms with van der Waals surface area (Å²) >= 11 is 0. The minimum absolute atomic E-state index is 0.0602. The predicted octanol–water partition coefficient (Wildman–Crippen LogP) is 1.70. The van der Waals surface area contributed by atoms with E-state index in [1.807, 2.05) is 30.0 Å². The van der Waals surface area contributed by atoms with Crippen LogP contribution in [0, 0.1) is 5.41 Å². The Morgan fingerprint density at radius 2 is 1.80 bits per heavy atom. The summed E-state index contributed by atoms with van der Waals surface area (Å²) in [6, 6.07) is 6.60. The Bertz CT molecular complexity index is 1030. The van der Waals surface area contributed by atoms with Crippen LogP contribution in [0.5, 0.6) is 0 Å². The first-order chi connectivity index (χ1) is 16.9. The Morgan fingerprint density at radius 1 is 1.06 bits per heavy atom. The van der Waals surface area contributed by atoms with Crippen LogP contribution in [0.1, 0.15) is 56.3 Å². The molecule has 0 unspecified atom stereocenters. The highest BCUT2D eigenvalue weighted by molar-refractivity contribution is 5.95. The monoisotopic (exact) mass is 482 g/mol. The molecule has 3 heterocycles. The van der Waals surface area contributed by atoms with E-state index < -0.39 is 11.5 Å². The van der Waals surface area contributed by atoms with Gasteiger partial charge >= 0.3 is 0 Å². The lowest BCUT2D eigenvalue weighted by Gasteiger charge is -2.41. The lowest BCUT2D eigenvalue weighted by atomic mass is 9.73. The molecule has 2 saturated heterocycles. The topological polar surface area (TPSA) is 118 Å². The van der Waals surface area contributed by atoms with Crippen molar-refractivity contribution < 1.29 is 19.1 Å². The van der Waals surface area contributed by atoms with E-state index in [1.54, 1.807) is 30.2 Å². The maximum absolute atomic E-state index is 13.4. The van der Waals surface area contributed by atoms with Gasteiger partial charge in [0.05, 0.1) is 12.0 Å². The molecule has 1 aromatic heterocycles. The van der Waals surface area contributed by atoms with E-state index in [4.69, 9.17) is 4.74 Å². The van der Waals surface area contributed by atoms with E-state index in [0.29, 0.717) is 51.1 Å². The first kappa shape index (κ1) is 24.8. The first-order valence-corrected chi connectivity index (χ1v) is 12.3. The molecule has 4 rings (SSSR count). The predicted molar refractivity (Wildman–Crippen MR) is 129 cm³/mol. The van der Waals surface area contributed by atoms with Crippen molar-refractivity contribution in [2.45, 2.75) is 58.0 Å². The Balaban J connectivity index is 1.45. The van der Waals surface area contributed by atoms with E-state index in [2.05, 4.69) is 20.8 Å². The minimum Gasteiger partial charge on any atom is -0.379 e. The zero-order chi connectivity index (χ0) is 24.8. The maximum Gasteiger partial charge on any atom is 0.253 e. The highest BCUT2D eigenvalue weighted by Gasteiger charge is 2.42. The second kappa shape index (κ2) is 11.0. The lowest BCUT2D eigenvalue weighted by molar-refractivity contribution is -0.137. The minimum atomic E-state index is -0.636. The second-order valence-electron chi connectivity index (χ2n) is 9.63. The van der Waals surface area contributed by atoms with Crippen LogP contribution >= 0.6 is 0 Å². The summed E-state index contributed by atoms with van der Waals surface area (Å²) in [6.45, 7) is 5.61. The molecule has 188 valence electrons. The third kappa shape index (κ3) is 5.87. The Morgan fingerprint density at radius 3 is 2.54 bits per heavy atom. The summed E-state index contributed by atoms with van der Waals surface area (Å²) in [5, 5.41) is 13.5. The number of carbonyl (C=O) groups excluding carboxylic acids is 3. The van der Waals surface area contributed by atoms with Gasteiger partial charge in [-0.05, 0) is 57.7 Å². The van der Waals surface area contributed by atoms with Gasteiger partial charge in [-0.1, -0.05) is 12.5 Å². The van der Waals surface area contributed by atoms with Gasteiger partial charge in [0.1, 0.15) is 18.7 Å². The van der Waals surface area contributed by atoms with Crippen molar-refractivity contribution in [2.24, 2.45) is 5.41 Å². The Labute approximate surface area is 205 Å². The van der Waals surface area contributed by atoms with Crippen LogP contribution in [-0.4, -0.2) is 75.8 Å². The molecule has 10 heteroatoms. The number of ether oxygens (including phenoxy) is 1. The van der Waals surface area contributed by atoms with E-state index in [0.717, 1.165) is 18.5 Å².